The lowest BCUT2D eigenvalue weighted by Gasteiger charge is -2.31. The lowest BCUT2D eigenvalue weighted by molar-refractivity contribution is -0.128. The number of carbonyl (C=O) groups excluding carboxylic acids is 2. The van der Waals surface area contributed by atoms with Crippen molar-refractivity contribution in [3.8, 4) is 11.1 Å². The fourth-order valence-electron chi connectivity index (χ4n) is 4.01. The Bertz CT molecular complexity index is 841. The van der Waals surface area contributed by atoms with E-state index in [1.807, 2.05) is 54.4 Å². The zero-order valence-electron chi connectivity index (χ0n) is 17.4. The summed E-state index contributed by atoms with van der Waals surface area (Å²) in [4.78, 5) is 28.1. The summed E-state index contributed by atoms with van der Waals surface area (Å²) in [6, 6.07) is 16.3. The van der Waals surface area contributed by atoms with Crippen molar-refractivity contribution in [2.24, 2.45) is 5.73 Å². The number of likely N-dealkylation sites (N-methyl/N-ethyl adjacent to an activating group) is 1. The molecule has 1 saturated carbocycles. The number of nitrogens with two attached hydrogens (primary N) is 1. The van der Waals surface area contributed by atoms with Gasteiger partial charge in [0.2, 0.25) is 5.91 Å². The van der Waals surface area contributed by atoms with Crippen LogP contribution in [-0.2, 0) is 11.3 Å². The minimum atomic E-state index is -0.0830. The topological polar surface area (TPSA) is 66.6 Å². The van der Waals surface area contributed by atoms with Crippen molar-refractivity contribution in [2.45, 2.75) is 44.7 Å². The van der Waals surface area contributed by atoms with Crippen LogP contribution in [0.3, 0.4) is 0 Å². The van der Waals surface area contributed by atoms with Gasteiger partial charge in [-0.2, -0.15) is 0 Å². The zero-order chi connectivity index (χ0) is 20.8. The van der Waals surface area contributed by atoms with E-state index in [2.05, 4.69) is 6.07 Å². The summed E-state index contributed by atoms with van der Waals surface area (Å²) in [5.41, 5.74) is 9.32. The van der Waals surface area contributed by atoms with Crippen LogP contribution in [0.5, 0.6) is 0 Å². The van der Waals surface area contributed by atoms with E-state index in [1.165, 1.54) is 19.3 Å². The van der Waals surface area contributed by atoms with Crippen molar-refractivity contribution in [1.29, 1.82) is 0 Å². The average molecular weight is 394 g/mol. The first-order valence-corrected chi connectivity index (χ1v) is 10.4. The second-order valence-electron chi connectivity index (χ2n) is 7.94. The normalized spacial score (nSPS) is 14.4. The van der Waals surface area contributed by atoms with Gasteiger partial charge in [-0.1, -0.05) is 49.6 Å². The fraction of sp³-hybridized carbons (Fsp3) is 0.417. The summed E-state index contributed by atoms with van der Waals surface area (Å²) in [6.07, 6.45) is 5.91. The zero-order valence-corrected chi connectivity index (χ0v) is 17.4. The molecule has 0 aliphatic heterocycles. The van der Waals surface area contributed by atoms with E-state index in [1.54, 1.807) is 11.9 Å². The summed E-state index contributed by atoms with van der Waals surface area (Å²) >= 11 is 0. The van der Waals surface area contributed by atoms with E-state index in [-0.39, 0.29) is 18.4 Å². The van der Waals surface area contributed by atoms with Gasteiger partial charge in [0.15, 0.2) is 0 Å². The maximum atomic E-state index is 12.8. The van der Waals surface area contributed by atoms with Crippen LogP contribution >= 0.6 is 0 Å². The van der Waals surface area contributed by atoms with Crippen molar-refractivity contribution in [1.82, 2.24) is 9.80 Å². The minimum Gasteiger partial charge on any atom is -0.340 e. The molecule has 1 fully saturated rings. The van der Waals surface area contributed by atoms with Crippen LogP contribution in [0.15, 0.2) is 48.5 Å². The Morgan fingerprint density at radius 3 is 2.31 bits per heavy atom. The fourth-order valence-corrected chi connectivity index (χ4v) is 4.01. The molecule has 1 aliphatic rings. The van der Waals surface area contributed by atoms with Crippen LogP contribution in [-0.4, -0.2) is 48.3 Å². The molecule has 29 heavy (non-hydrogen) atoms. The maximum Gasteiger partial charge on any atom is 0.253 e. The number of hydrogen-bond donors (Lipinski definition) is 1. The Morgan fingerprint density at radius 2 is 1.66 bits per heavy atom. The third-order valence-electron chi connectivity index (χ3n) is 5.86. The molecule has 3 rings (SSSR count). The predicted octanol–water partition coefficient (Wildman–Crippen LogP) is 3.68. The van der Waals surface area contributed by atoms with E-state index in [9.17, 15) is 9.59 Å². The molecule has 0 spiro atoms. The smallest absolute Gasteiger partial charge is 0.253 e. The molecule has 0 heterocycles. The largest absolute Gasteiger partial charge is 0.340 e. The number of hydrogen-bond acceptors (Lipinski definition) is 3. The first kappa shape index (κ1) is 21.1. The molecule has 2 N–H and O–H groups in total. The van der Waals surface area contributed by atoms with Crippen molar-refractivity contribution < 1.29 is 9.59 Å². The van der Waals surface area contributed by atoms with Gasteiger partial charge in [-0.25, -0.2) is 0 Å². The lowest BCUT2D eigenvalue weighted by Crippen LogP contribution is -2.38. The summed E-state index contributed by atoms with van der Waals surface area (Å²) < 4.78 is 0. The molecule has 0 radical (unpaired) electrons. The van der Waals surface area contributed by atoms with Crippen molar-refractivity contribution in [3.05, 3.63) is 59.7 Å². The van der Waals surface area contributed by atoms with Crippen molar-refractivity contribution >= 4 is 11.8 Å². The lowest BCUT2D eigenvalue weighted by atomic mass is 9.94. The number of benzene rings is 2. The minimum absolute atomic E-state index is 0.0149. The molecule has 2 aromatic carbocycles. The molecule has 0 atom stereocenters. The Kier molecular flexibility index (Phi) is 7.04. The van der Waals surface area contributed by atoms with Gasteiger partial charge in [0, 0.05) is 32.2 Å². The standard InChI is InChI=1S/C24H31N3O2/c1-26(23(28)16-25)17-18-7-6-8-21(15-18)19-11-13-20(14-12-19)24(29)27(2)22-9-4-3-5-10-22/h6-8,11-15,22H,3-5,9-10,16-17,25H2,1-2H3. The van der Waals surface area contributed by atoms with E-state index in [4.69, 9.17) is 5.73 Å². The Balaban J connectivity index is 1.70. The van der Waals surface area contributed by atoms with Gasteiger partial charge in [0.25, 0.3) is 5.91 Å². The molecule has 0 unspecified atom stereocenters. The average Bonchev–Trinajstić information content (AvgIpc) is 2.78. The Labute approximate surface area is 173 Å². The van der Waals surface area contributed by atoms with Crippen LogP contribution in [0.4, 0.5) is 0 Å². The van der Waals surface area contributed by atoms with Gasteiger partial charge >= 0.3 is 0 Å². The predicted molar refractivity (Wildman–Crippen MR) is 116 cm³/mol. The van der Waals surface area contributed by atoms with Crippen molar-refractivity contribution in [3.63, 3.8) is 0 Å². The molecule has 1 aliphatic carbocycles. The van der Waals surface area contributed by atoms with E-state index in [0.29, 0.717) is 12.6 Å². The third kappa shape index (κ3) is 5.24. The van der Waals surface area contributed by atoms with Gasteiger partial charge in [-0.15, -0.1) is 0 Å². The van der Waals surface area contributed by atoms with Crippen molar-refractivity contribution in [2.75, 3.05) is 20.6 Å². The molecule has 0 saturated heterocycles. The molecule has 0 bridgehead atoms. The molecular formula is C24H31N3O2. The molecule has 154 valence electrons. The SMILES string of the molecule is CN(Cc1cccc(-c2ccc(C(=O)N(C)C3CCCCC3)cc2)c1)C(=O)CN. The highest BCUT2D eigenvalue weighted by Crippen LogP contribution is 2.25. The highest BCUT2D eigenvalue weighted by atomic mass is 16.2. The van der Waals surface area contributed by atoms with Gasteiger partial charge in [-0.3, -0.25) is 9.59 Å². The van der Waals surface area contributed by atoms with E-state index < -0.39 is 0 Å². The second-order valence-corrected chi connectivity index (χ2v) is 7.94. The molecule has 0 aromatic heterocycles. The van der Waals surface area contributed by atoms with Gasteiger partial charge in [0.05, 0.1) is 6.54 Å². The first-order valence-electron chi connectivity index (χ1n) is 10.4. The Hall–Kier alpha value is -2.66. The summed E-state index contributed by atoms with van der Waals surface area (Å²) in [5.74, 6) is 0.0134. The maximum absolute atomic E-state index is 12.8. The van der Waals surface area contributed by atoms with E-state index in [0.717, 1.165) is 35.1 Å². The number of amides is 2. The summed E-state index contributed by atoms with van der Waals surface area (Å²) in [7, 11) is 3.68. The number of carbonyl (C=O) groups is 2. The quantitative estimate of drug-likeness (QED) is 0.814. The second kappa shape index (κ2) is 9.70. The van der Waals surface area contributed by atoms with Crippen LogP contribution in [0.1, 0.15) is 48.0 Å². The van der Waals surface area contributed by atoms with Gasteiger partial charge in [-0.05, 0) is 47.7 Å². The van der Waals surface area contributed by atoms with Crippen LogP contribution < -0.4 is 5.73 Å². The van der Waals surface area contributed by atoms with Gasteiger partial charge < -0.3 is 15.5 Å². The molecule has 5 heteroatoms. The van der Waals surface area contributed by atoms with Crippen LogP contribution in [0.2, 0.25) is 0 Å². The van der Waals surface area contributed by atoms with Crippen LogP contribution in [0, 0.1) is 0 Å². The summed E-state index contributed by atoms with van der Waals surface area (Å²) in [6.45, 7) is 0.535. The summed E-state index contributed by atoms with van der Waals surface area (Å²) in [5, 5.41) is 0. The highest BCUT2D eigenvalue weighted by molar-refractivity contribution is 5.94. The first-order chi connectivity index (χ1) is 14.0. The molecule has 2 aromatic rings. The number of rotatable bonds is 6. The monoisotopic (exact) mass is 393 g/mol. The highest BCUT2D eigenvalue weighted by Gasteiger charge is 2.22. The molecular weight excluding hydrogens is 362 g/mol. The molecule has 2 amide bonds. The molecule has 5 nitrogen and oxygen atoms in total. The Morgan fingerprint density at radius 1 is 0.966 bits per heavy atom. The number of nitrogens with zero attached hydrogens (tertiary/aromatic N) is 2. The van der Waals surface area contributed by atoms with Gasteiger partial charge in [0.1, 0.15) is 0 Å². The third-order valence-corrected chi connectivity index (χ3v) is 5.86. The van der Waals surface area contributed by atoms with E-state index >= 15 is 0 Å². The van der Waals surface area contributed by atoms with Crippen LogP contribution in [0.25, 0.3) is 11.1 Å².